The molecule has 4 nitrogen and oxygen atoms in total. The van der Waals surface area contributed by atoms with Crippen molar-refractivity contribution in [2.75, 3.05) is 13.4 Å². The number of benzene rings is 1. The van der Waals surface area contributed by atoms with E-state index in [0.717, 1.165) is 5.75 Å². The Kier molecular flexibility index (Phi) is 3.80. The molecule has 0 atom stereocenters. The van der Waals surface area contributed by atoms with Crippen LogP contribution in [0.2, 0.25) is 0 Å². The SMILES string of the molecule is CCOC(=N)c1ccc2c(c1)OCO2.Cl. The Balaban J connectivity index is 0.00000112. The summed E-state index contributed by atoms with van der Waals surface area (Å²) in [5.74, 6) is 1.55. The van der Waals surface area contributed by atoms with Crippen molar-refractivity contribution in [3.63, 3.8) is 0 Å². The fraction of sp³-hybridized carbons (Fsp3) is 0.300. The van der Waals surface area contributed by atoms with E-state index in [2.05, 4.69) is 0 Å². The van der Waals surface area contributed by atoms with Gasteiger partial charge in [0.05, 0.1) is 6.61 Å². The first-order chi connectivity index (χ1) is 6.81. The third-order valence-electron chi connectivity index (χ3n) is 1.92. The standard InChI is InChI=1S/C10H11NO3.ClH/c1-2-12-10(11)7-3-4-8-9(5-7)14-6-13-8;/h3-5,11H,2,6H2,1H3;1H. The molecule has 0 amide bonds. The molecule has 0 spiro atoms. The second kappa shape index (κ2) is 4.89. The molecular weight excluding hydrogens is 218 g/mol. The molecule has 5 heteroatoms. The van der Waals surface area contributed by atoms with Gasteiger partial charge in [-0.3, -0.25) is 5.41 Å². The van der Waals surface area contributed by atoms with Crippen molar-refractivity contribution in [2.24, 2.45) is 0 Å². The molecule has 1 aromatic rings. The molecule has 0 saturated heterocycles. The third kappa shape index (κ3) is 2.33. The lowest BCUT2D eigenvalue weighted by Gasteiger charge is -2.05. The zero-order chi connectivity index (χ0) is 9.97. The van der Waals surface area contributed by atoms with Crippen molar-refractivity contribution in [1.82, 2.24) is 0 Å². The largest absolute Gasteiger partial charge is 0.478 e. The van der Waals surface area contributed by atoms with E-state index in [1.54, 1.807) is 18.2 Å². The van der Waals surface area contributed by atoms with E-state index in [0.29, 0.717) is 17.9 Å². The van der Waals surface area contributed by atoms with Gasteiger partial charge in [0, 0.05) is 5.56 Å². The zero-order valence-electron chi connectivity index (χ0n) is 8.28. The van der Waals surface area contributed by atoms with Gasteiger partial charge in [-0.05, 0) is 25.1 Å². The molecule has 0 unspecified atom stereocenters. The van der Waals surface area contributed by atoms with E-state index < -0.39 is 0 Å². The average molecular weight is 230 g/mol. The Morgan fingerprint density at radius 1 is 1.40 bits per heavy atom. The smallest absolute Gasteiger partial charge is 0.231 e. The number of hydrogen-bond donors (Lipinski definition) is 1. The number of fused-ring (bicyclic) bond motifs is 1. The summed E-state index contributed by atoms with van der Waals surface area (Å²) in [6, 6.07) is 5.32. The van der Waals surface area contributed by atoms with Gasteiger partial charge in [0.15, 0.2) is 11.5 Å². The van der Waals surface area contributed by atoms with Crippen LogP contribution < -0.4 is 9.47 Å². The van der Waals surface area contributed by atoms with Gasteiger partial charge in [-0.2, -0.15) is 0 Å². The van der Waals surface area contributed by atoms with Crippen LogP contribution in [-0.2, 0) is 4.74 Å². The van der Waals surface area contributed by atoms with E-state index in [1.165, 1.54) is 0 Å². The van der Waals surface area contributed by atoms with Crippen LogP contribution in [0.25, 0.3) is 0 Å². The van der Waals surface area contributed by atoms with Crippen LogP contribution in [0.5, 0.6) is 11.5 Å². The summed E-state index contributed by atoms with van der Waals surface area (Å²) in [5, 5.41) is 7.57. The van der Waals surface area contributed by atoms with Crippen molar-refractivity contribution >= 4 is 18.3 Å². The summed E-state index contributed by atoms with van der Waals surface area (Å²) in [7, 11) is 0. The normalized spacial score (nSPS) is 11.8. The second-order valence-electron chi connectivity index (χ2n) is 2.83. The third-order valence-corrected chi connectivity index (χ3v) is 1.92. The molecule has 82 valence electrons. The number of hydrogen-bond acceptors (Lipinski definition) is 4. The molecular formula is C10H12ClNO3. The first-order valence-corrected chi connectivity index (χ1v) is 4.42. The molecule has 1 aliphatic heterocycles. The monoisotopic (exact) mass is 229 g/mol. The van der Waals surface area contributed by atoms with Crippen molar-refractivity contribution < 1.29 is 14.2 Å². The van der Waals surface area contributed by atoms with Crippen molar-refractivity contribution in [3.05, 3.63) is 23.8 Å². The summed E-state index contributed by atoms with van der Waals surface area (Å²) in [5.41, 5.74) is 0.705. The van der Waals surface area contributed by atoms with Gasteiger partial charge >= 0.3 is 0 Å². The summed E-state index contributed by atoms with van der Waals surface area (Å²) in [6.45, 7) is 2.59. The van der Waals surface area contributed by atoms with Gasteiger partial charge in [0.2, 0.25) is 12.7 Å². The van der Waals surface area contributed by atoms with Gasteiger partial charge in [-0.25, -0.2) is 0 Å². The van der Waals surface area contributed by atoms with E-state index in [1.807, 2.05) is 6.92 Å². The minimum atomic E-state index is 0. The van der Waals surface area contributed by atoms with Gasteiger partial charge in [0.1, 0.15) is 0 Å². The van der Waals surface area contributed by atoms with Gasteiger partial charge in [0.25, 0.3) is 0 Å². The Labute approximate surface area is 94.1 Å². The molecule has 0 aliphatic carbocycles. The number of ether oxygens (including phenoxy) is 3. The Morgan fingerprint density at radius 2 is 2.13 bits per heavy atom. The lowest BCUT2D eigenvalue weighted by molar-refractivity contribution is 0.174. The fourth-order valence-electron chi connectivity index (χ4n) is 1.27. The van der Waals surface area contributed by atoms with E-state index >= 15 is 0 Å². The van der Waals surface area contributed by atoms with Crippen LogP contribution in [0.3, 0.4) is 0 Å². The average Bonchev–Trinajstić information content (AvgIpc) is 2.64. The first kappa shape index (κ1) is 11.7. The zero-order valence-corrected chi connectivity index (χ0v) is 9.10. The van der Waals surface area contributed by atoms with Crippen LogP contribution in [0.1, 0.15) is 12.5 Å². The molecule has 1 heterocycles. The molecule has 1 aliphatic rings. The minimum absolute atomic E-state index is 0. The van der Waals surface area contributed by atoms with Crippen LogP contribution in [-0.4, -0.2) is 19.3 Å². The topological polar surface area (TPSA) is 51.5 Å². The van der Waals surface area contributed by atoms with E-state index in [4.69, 9.17) is 19.6 Å². The first-order valence-electron chi connectivity index (χ1n) is 4.42. The highest BCUT2D eigenvalue weighted by atomic mass is 35.5. The Hall–Kier alpha value is -1.42. The lowest BCUT2D eigenvalue weighted by Crippen LogP contribution is -2.04. The van der Waals surface area contributed by atoms with Crippen LogP contribution >= 0.6 is 12.4 Å². The molecule has 0 aromatic heterocycles. The molecule has 0 radical (unpaired) electrons. The maximum Gasteiger partial charge on any atom is 0.231 e. The second-order valence-corrected chi connectivity index (χ2v) is 2.83. The lowest BCUT2D eigenvalue weighted by atomic mass is 10.2. The molecule has 0 saturated carbocycles. The number of rotatable bonds is 2. The molecule has 15 heavy (non-hydrogen) atoms. The maximum atomic E-state index is 7.57. The molecule has 1 N–H and O–H groups in total. The minimum Gasteiger partial charge on any atom is -0.478 e. The van der Waals surface area contributed by atoms with Crippen LogP contribution in [0.15, 0.2) is 18.2 Å². The van der Waals surface area contributed by atoms with E-state index in [9.17, 15) is 0 Å². The Morgan fingerprint density at radius 3 is 2.87 bits per heavy atom. The van der Waals surface area contributed by atoms with Gasteiger partial charge < -0.3 is 14.2 Å². The highest BCUT2D eigenvalue weighted by Gasteiger charge is 2.14. The summed E-state index contributed by atoms with van der Waals surface area (Å²) >= 11 is 0. The van der Waals surface area contributed by atoms with Crippen LogP contribution in [0.4, 0.5) is 0 Å². The molecule has 0 bridgehead atoms. The van der Waals surface area contributed by atoms with Crippen molar-refractivity contribution in [1.29, 1.82) is 5.41 Å². The predicted molar refractivity (Wildman–Crippen MR) is 58.3 cm³/mol. The molecule has 1 aromatic carbocycles. The number of nitrogens with one attached hydrogen (secondary N) is 1. The maximum absolute atomic E-state index is 7.57. The fourth-order valence-corrected chi connectivity index (χ4v) is 1.27. The molecule has 0 fully saturated rings. The van der Waals surface area contributed by atoms with Crippen molar-refractivity contribution in [2.45, 2.75) is 6.92 Å². The highest BCUT2D eigenvalue weighted by molar-refractivity contribution is 5.92. The van der Waals surface area contributed by atoms with Crippen molar-refractivity contribution in [3.8, 4) is 11.5 Å². The van der Waals surface area contributed by atoms with Gasteiger partial charge in [-0.1, -0.05) is 0 Å². The predicted octanol–water partition coefficient (Wildman–Crippen LogP) is 2.20. The summed E-state index contributed by atoms with van der Waals surface area (Å²) in [6.07, 6.45) is 0. The quantitative estimate of drug-likeness (QED) is 0.625. The summed E-state index contributed by atoms with van der Waals surface area (Å²) in [4.78, 5) is 0. The molecule has 2 rings (SSSR count). The number of halogens is 1. The Bertz CT molecular complexity index is 368. The summed E-state index contributed by atoms with van der Waals surface area (Å²) < 4.78 is 15.4. The van der Waals surface area contributed by atoms with E-state index in [-0.39, 0.29) is 25.1 Å². The van der Waals surface area contributed by atoms with Crippen LogP contribution in [0, 0.1) is 5.41 Å². The highest BCUT2D eigenvalue weighted by Crippen LogP contribution is 2.32. The van der Waals surface area contributed by atoms with Gasteiger partial charge in [-0.15, -0.1) is 12.4 Å².